The molecule has 3 aliphatic rings. The fraction of sp³-hybridized carbons (Fsp3) is 0.875. The maximum absolute atomic E-state index is 11.1. The number of rotatable bonds is 8. The van der Waals surface area contributed by atoms with Gasteiger partial charge in [0, 0.05) is 0 Å². The summed E-state index contributed by atoms with van der Waals surface area (Å²) in [6.07, 6.45) is 11.2. The molecule has 2 heterocycles. The molecule has 0 spiro atoms. The minimum absolute atomic E-state index is 0.0511. The van der Waals surface area contributed by atoms with Crippen LogP contribution < -0.4 is 0 Å². The van der Waals surface area contributed by atoms with Crippen LogP contribution in [-0.2, 0) is 19.3 Å². The first-order valence-corrected chi connectivity index (χ1v) is 11.4. The number of ether oxygens (including phenoxy) is 1. The van der Waals surface area contributed by atoms with Crippen LogP contribution >= 0.6 is 0 Å². The van der Waals surface area contributed by atoms with E-state index in [4.69, 9.17) is 19.6 Å². The molecule has 2 aliphatic heterocycles. The quantitative estimate of drug-likeness (QED) is 0.311. The number of allylic oxidation sites excluding steroid dienone is 2. The number of hydrogen-bond acceptors (Lipinski definition) is 4. The van der Waals surface area contributed by atoms with Crippen molar-refractivity contribution in [1.29, 1.82) is 0 Å². The lowest BCUT2D eigenvalue weighted by Gasteiger charge is -2.38. The van der Waals surface area contributed by atoms with Gasteiger partial charge in [-0.1, -0.05) is 25.5 Å². The van der Waals surface area contributed by atoms with Crippen LogP contribution in [0.4, 0.5) is 0 Å². The first kappa shape index (κ1) is 22.8. The van der Waals surface area contributed by atoms with Gasteiger partial charge in [0.1, 0.15) is 17.3 Å². The van der Waals surface area contributed by atoms with Crippen molar-refractivity contribution in [1.82, 2.24) is 0 Å². The van der Waals surface area contributed by atoms with Gasteiger partial charge in [0.25, 0.3) is 0 Å². The summed E-state index contributed by atoms with van der Waals surface area (Å²) in [6, 6.07) is 0. The molecule has 0 amide bonds. The third-order valence-corrected chi connectivity index (χ3v) is 8.08. The van der Waals surface area contributed by atoms with E-state index in [1.54, 1.807) is 6.92 Å². The Labute approximate surface area is 176 Å². The molecule has 1 aliphatic carbocycles. The van der Waals surface area contributed by atoms with E-state index >= 15 is 0 Å². The third kappa shape index (κ3) is 4.42. The van der Waals surface area contributed by atoms with Gasteiger partial charge in [-0.15, -0.1) is 0 Å². The summed E-state index contributed by atoms with van der Waals surface area (Å²) in [4.78, 5) is 22.2. The zero-order chi connectivity index (χ0) is 21.5. The summed E-state index contributed by atoms with van der Waals surface area (Å²) in [5, 5.41) is 9.13. The second-order valence-electron chi connectivity index (χ2n) is 10.8. The standard InChI is InChI=1S/C24H40O5/c1-17(10-16-24-21(3,4)12-8-14-23(24,6)28-24)9-7-13-22(5)15-11-19(27-29-22)18(2)20(25)26/h9,18-19H,7-8,10-16H2,1-6H3,(H,25,26)/t18-,19+,22-,23-,24+/m1/s1. The number of fused-ring (bicyclic) bond motifs is 1. The van der Waals surface area contributed by atoms with Crippen molar-refractivity contribution in [3.63, 3.8) is 0 Å². The van der Waals surface area contributed by atoms with Crippen LogP contribution in [0.25, 0.3) is 0 Å². The summed E-state index contributed by atoms with van der Waals surface area (Å²) in [5.41, 5.74) is 1.46. The van der Waals surface area contributed by atoms with E-state index < -0.39 is 11.9 Å². The molecule has 5 heteroatoms. The minimum atomic E-state index is -0.836. The highest BCUT2D eigenvalue weighted by molar-refractivity contribution is 5.70. The number of carboxylic acid groups (broad SMARTS) is 1. The Hall–Kier alpha value is -0.910. The van der Waals surface area contributed by atoms with Crippen LogP contribution in [0.2, 0.25) is 0 Å². The summed E-state index contributed by atoms with van der Waals surface area (Å²) < 4.78 is 6.37. The largest absolute Gasteiger partial charge is 0.481 e. The summed E-state index contributed by atoms with van der Waals surface area (Å²) in [7, 11) is 0. The molecular formula is C24H40O5. The Balaban J connectivity index is 1.45. The van der Waals surface area contributed by atoms with Crippen LogP contribution in [0.5, 0.6) is 0 Å². The molecule has 1 N–H and O–H groups in total. The van der Waals surface area contributed by atoms with Gasteiger partial charge in [-0.3, -0.25) is 4.79 Å². The third-order valence-electron chi connectivity index (χ3n) is 8.08. The molecular weight excluding hydrogens is 368 g/mol. The first-order valence-electron chi connectivity index (χ1n) is 11.4. The second kappa shape index (κ2) is 7.97. The van der Waals surface area contributed by atoms with Gasteiger partial charge in [0.15, 0.2) is 0 Å². The lowest BCUT2D eigenvalue weighted by molar-refractivity contribution is -0.411. The molecule has 0 aromatic carbocycles. The monoisotopic (exact) mass is 408 g/mol. The minimum Gasteiger partial charge on any atom is -0.481 e. The molecule has 0 bridgehead atoms. The second-order valence-corrected chi connectivity index (χ2v) is 10.8. The van der Waals surface area contributed by atoms with E-state index in [2.05, 4.69) is 40.7 Å². The predicted octanol–water partition coefficient (Wildman–Crippen LogP) is 5.82. The molecule has 0 unspecified atom stereocenters. The van der Waals surface area contributed by atoms with E-state index in [0.717, 1.165) is 38.5 Å². The molecule has 166 valence electrons. The highest BCUT2D eigenvalue weighted by atomic mass is 17.2. The highest BCUT2D eigenvalue weighted by Crippen LogP contribution is 2.67. The first-order chi connectivity index (χ1) is 13.4. The van der Waals surface area contributed by atoms with Crippen molar-refractivity contribution in [3.05, 3.63) is 11.6 Å². The van der Waals surface area contributed by atoms with Crippen molar-refractivity contribution in [2.24, 2.45) is 11.3 Å². The lowest BCUT2D eigenvalue weighted by Crippen LogP contribution is -2.42. The molecule has 29 heavy (non-hydrogen) atoms. The van der Waals surface area contributed by atoms with Crippen LogP contribution in [0.15, 0.2) is 11.6 Å². The summed E-state index contributed by atoms with van der Waals surface area (Å²) in [6.45, 7) is 13.0. The van der Waals surface area contributed by atoms with E-state index in [-0.39, 0.29) is 28.3 Å². The summed E-state index contributed by atoms with van der Waals surface area (Å²) >= 11 is 0. The number of carboxylic acids is 1. The number of aliphatic carboxylic acids is 1. The number of epoxide rings is 1. The van der Waals surface area contributed by atoms with Gasteiger partial charge in [-0.2, -0.15) is 0 Å². The normalized spacial score (nSPS) is 40.2. The van der Waals surface area contributed by atoms with Gasteiger partial charge in [0.2, 0.25) is 0 Å². The lowest BCUT2D eigenvalue weighted by atomic mass is 9.62. The van der Waals surface area contributed by atoms with E-state index in [1.165, 1.54) is 24.8 Å². The molecule has 0 radical (unpaired) electrons. The topological polar surface area (TPSA) is 68.3 Å². The van der Waals surface area contributed by atoms with Crippen molar-refractivity contribution < 1.29 is 24.4 Å². The molecule has 0 aromatic heterocycles. The van der Waals surface area contributed by atoms with Gasteiger partial charge in [-0.25, -0.2) is 9.78 Å². The Morgan fingerprint density at radius 3 is 2.48 bits per heavy atom. The molecule has 3 fully saturated rings. The number of hydrogen-bond donors (Lipinski definition) is 1. The molecule has 1 saturated carbocycles. The fourth-order valence-electron chi connectivity index (χ4n) is 5.66. The van der Waals surface area contributed by atoms with Crippen LogP contribution in [0, 0.1) is 11.3 Å². The van der Waals surface area contributed by atoms with Gasteiger partial charge in [-0.05, 0) is 90.9 Å². The highest BCUT2D eigenvalue weighted by Gasteiger charge is 2.73. The summed E-state index contributed by atoms with van der Waals surface area (Å²) in [5.74, 6) is -1.38. The Kier molecular flexibility index (Phi) is 6.26. The Morgan fingerprint density at radius 2 is 1.90 bits per heavy atom. The fourth-order valence-corrected chi connectivity index (χ4v) is 5.66. The van der Waals surface area contributed by atoms with Crippen LogP contribution in [-0.4, -0.2) is 34.0 Å². The van der Waals surface area contributed by atoms with E-state index in [0.29, 0.717) is 0 Å². The average molecular weight is 409 g/mol. The van der Waals surface area contributed by atoms with Gasteiger partial charge >= 0.3 is 5.97 Å². The molecule has 5 atom stereocenters. The maximum atomic E-state index is 11.1. The van der Waals surface area contributed by atoms with E-state index in [9.17, 15) is 4.79 Å². The Bertz CT molecular complexity index is 646. The Morgan fingerprint density at radius 1 is 1.17 bits per heavy atom. The van der Waals surface area contributed by atoms with Crippen molar-refractivity contribution >= 4 is 5.97 Å². The predicted molar refractivity (Wildman–Crippen MR) is 112 cm³/mol. The van der Waals surface area contributed by atoms with Gasteiger partial charge < -0.3 is 9.84 Å². The maximum Gasteiger partial charge on any atom is 0.308 e. The van der Waals surface area contributed by atoms with Crippen molar-refractivity contribution in [3.8, 4) is 0 Å². The van der Waals surface area contributed by atoms with Gasteiger partial charge in [0.05, 0.1) is 11.5 Å². The van der Waals surface area contributed by atoms with Crippen LogP contribution in [0.3, 0.4) is 0 Å². The average Bonchev–Trinajstić information content (AvgIpc) is 3.27. The molecule has 5 nitrogen and oxygen atoms in total. The smallest absolute Gasteiger partial charge is 0.308 e. The molecule has 0 aromatic rings. The van der Waals surface area contributed by atoms with Crippen molar-refractivity contribution in [2.45, 2.75) is 122 Å². The SMILES string of the molecule is CC(=CCC[C@]1(C)CC[C@@H]([C@@H](C)C(=O)O)OO1)CC[C@@]12O[C@]1(C)CCCC2(C)C. The number of carbonyl (C=O) groups is 1. The van der Waals surface area contributed by atoms with Crippen LogP contribution in [0.1, 0.15) is 99.3 Å². The zero-order valence-electron chi connectivity index (χ0n) is 19.2. The molecule has 2 saturated heterocycles. The molecule has 3 rings (SSSR count). The zero-order valence-corrected chi connectivity index (χ0v) is 19.2. The van der Waals surface area contributed by atoms with E-state index in [1.807, 2.05) is 0 Å². The van der Waals surface area contributed by atoms with Crippen molar-refractivity contribution in [2.75, 3.05) is 0 Å².